The molecule has 2 N–H and O–H groups in total. The lowest BCUT2D eigenvalue weighted by molar-refractivity contribution is 0.210. The fraction of sp³-hybridized carbons (Fsp3) is 0.800. The van der Waals surface area contributed by atoms with Gasteiger partial charge >= 0.3 is 0 Å². The number of thiocarbonyl (C=S) groups is 1. The fourth-order valence-corrected chi connectivity index (χ4v) is 1.02. The van der Waals surface area contributed by atoms with Gasteiger partial charge in [0.25, 0.3) is 0 Å². The first-order chi connectivity index (χ1) is 4.43. The highest BCUT2D eigenvalue weighted by Crippen LogP contribution is 1.83. The minimum absolute atomic E-state index is 1.03. The van der Waals surface area contributed by atoms with Crippen LogP contribution < -0.4 is 10.7 Å². The summed E-state index contributed by atoms with van der Waals surface area (Å²) in [5, 5.41) is 5.34. The molecule has 4 heteroatoms. The molecule has 1 heterocycles. The molecular weight excluding hydrogens is 134 g/mol. The average Bonchev–Trinajstić information content (AvgIpc) is 1.91. The van der Waals surface area contributed by atoms with Crippen LogP contribution in [0.1, 0.15) is 0 Å². The summed E-state index contributed by atoms with van der Waals surface area (Å²) in [5.41, 5.74) is 4.51. The van der Waals surface area contributed by atoms with Crippen molar-refractivity contribution in [2.45, 2.75) is 0 Å². The van der Waals surface area contributed by atoms with Gasteiger partial charge in [0.2, 0.25) is 0 Å². The molecule has 0 aromatic heterocycles. The van der Waals surface area contributed by atoms with E-state index in [0.717, 1.165) is 26.2 Å². The number of hydrazine groups is 1. The van der Waals surface area contributed by atoms with E-state index in [9.17, 15) is 0 Å². The first-order valence-corrected chi connectivity index (χ1v) is 3.56. The van der Waals surface area contributed by atoms with Crippen molar-refractivity contribution in [3.8, 4) is 0 Å². The van der Waals surface area contributed by atoms with E-state index in [1.54, 1.807) is 5.49 Å². The Hall–Kier alpha value is -0.190. The Kier molecular flexibility index (Phi) is 2.90. The predicted molar refractivity (Wildman–Crippen MR) is 41.2 cm³/mol. The quantitative estimate of drug-likeness (QED) is 0.505. The molecule has 0 unspecified atom stereocenters. The van der Waals surface area contributed by atoms with E-state index in [1.165, 1.54) is 0 Å². The molecule has 1 aliphatic rings. The van der Waals surface area contributed by atoms with Crippen LogP contribution in [-0.2, 0) is 0 Å². The molecule has 0 atom stereocenters. The fourth-order valence-electron chi connectivity index (χ4n) is 0.868. The van der Waals surface area contributed by atoms with Gasteiger partial charge in [-0.15, -0.1) is 0 Å². The maximum absolute atomic E-state index is 4.63. The van der Waals surface area contributed by atoms with E-state index in [1.807, 2.05) is 0 Å². The van der Waals surface area contributed by atoms with Crippen molar-refractivity contribution in [3.05, 3.63) is 0 Å². The number of hydrogen-bond donors (Lipinski definition) is 2. The van der Waals surface area contributed by atoms with Gasteiger partial charge in [-0.1, -0.05) is 12.2 Å². The SMILES string of the molecule is S=CNN1CCNCC1. The monoisotopic (exact) mass is 145 g/mol. The zero-order chi connectivity index (χ0) is 6.53. The van der Waals surface area contributed by atoms with Crippen LogP contribution in [0.25, 0.3) is 0 Å². The second-order valence-electron chi connectivity index (χ2n) is 1.98. The minimum Gasteiger partial charge on any atom is -0.315 e. The van der Waals surface area contributed by atoms with E-state index in [4.69, 9.17) is 0 Å². The average molecular weight is 145 g/mol. The van der Waals surface area contributed by atoms with Crippen LogP contribution in [0.5, 0.6) is 0 Å². The summed E-state index contributed by atoms with van der Waals surface area (Å²) in [6, 6.07) is 0. The second kappa shape index (κ2) is 3.76. The molecule has 0 spiro atoms. The van der Waals surface area contributed by atoms with Crippen LogP contribution in [0.3, 0.4) is 0 Å². The first kappa shape index (κ1) is 6.92. The zero-order valence-corrected chi connectivity index (χ0v) is 6.08. The number of rotatable bonds is 2. The second-order valence-corrected chi connectivity index (χ2v) is 2.22. The van der Waals surface area contributed by atoms with Crippen molar-refractivity contribution >= 4 is 17.7 Å². The van der Waals surface area contributed by atoms with E-state index >= 15 is 0 Å². The Morgan fingerprint density at radius 1 is 1.44 bits per heavy atom. The maximum Gasteiger partial charge on any atom is 0.0759 e. The number of nitrogens with zero attached hydrogens (tertiary/aromatic N) is 1. The van der Waals surface area contributed by atoms with Crippen LogP contribution in [0, 0.1) is 0 Å². The van der Waals surface area contributed by atoms with Crippen molar-refractivity contribution in [2.24, 2.45) is 0 Å². The lowest BCUT2D eigenvalue weighted by atomic mass is 10.4. The van der Waals surface area contributed by atoms with Crippen molar-refractivity contribution in [1.29, 1.82) is 0 Å². The highest BCUT2D eigenvalue weighted by molar-refractivity contribution is 7.78. The molecule has 52 valence electrons. The minimum atomic E-state index is 1.03. The van der Waals surface area contributed by atoms with Gasteiger partial charge in [0.05, 0.1) is 5.49 Å². The van der Waals surface area contributed by atoms with Crippen molar-refractivity contribution in [1.82, 2.24) is 15.8 Å². The molecule has 0 amide bonds. The van der Waals surface area contributed by atoms with Crippen molar-refractivity contribution < 1.29 is 0 Å². The predicted octanol–water partition coefficient (Wildman–Crippen LogP) is -0.647. The van der Waals surface area contributed by atoms with E-state index in [2.05, 4.69) is 28.0 Å². The topological polar surface area (TPSA) is 27.3 Å². The summed E-state index contributed by atoms with van der Waals surface area (Å²) in [6.07, 6.45) is 0. The van der Waals surface area contributed by atoms with Crippen LogP contribution in [0.4, 0.5) is 0 Å². The van der Waals surface area contributed by atoms with Crippen molar-refractivity contribution in [2.75, 3.05) is 26.2 Å². The summed E-state index contributed by atoms with van der Waals surface area (Å²) in [7, 11) is 0. The standard InChI is InChI=1S/C5H11N3S/c9-5-7-8-3-1-6-2-4-8/h5-6H,1-4H2,(H,7,9). The van der Waals surface area contributed by atoms with Gasteiger partial charge in [-0.05, 0) is 0 Å². The Morgan fingerprint density at radius 2 is 2.11 bits per heavy atom. The molecule has 0 radical (unpaired) electrons. The van der Waals surface area contributed by atoms with E-state index in [-0.39, 0.29) is 0 Å². The number of nitrogens with one attached hydrogen (secondary N) is 2. The Morgan fingerprint density at radius 3 is 2.67 bits per heavy atom. The Bertz CT molecular complexity index is 90.2. The molecule has 3 nitrogen and oxygen atoms in total. The molecule has 1 rings (SSSR count). The van der Waals surface area contributed by atoms with Gasteiger partial charge in [-0.2, -0.15) is 0 Å². The maximum atomic E-state index is 4.63. The molecule has 0 bridgehead atoms. The third kappa shape index (κ3) is 2.26. The molecule has 1 saturated heterocycles. The normalized spacial score (nSPS) is 21.3. The lowest BCUT2D eigenvalue weighted by Gasteiger charge is -2.26. The summed E-state index contributed by atoms with van der Waals surface area (Å²) in [6.45, 7) is 4.17. The summed E-state index contributed by atoms with van der Waals surface area (Å²) in [4.78, 5) is 0. The van der Waals surface area contributed by atoms with Gasteiger partial charge in [-0.25, -0.2) is 5.01 Å². The van der Waals surface area contributed by atoms with Crippen LogP contribution in [0.15, 0.2) is 0 Å². The Labute approximate surface area is 60.4 Å². The first-order valence-electron chi connectivity index (χ1n) is 3.09. The van der Waals surface area contributed by atoms with Gasteiger partial charge < -0.3 is 10.7 Å². The van der Waals surface area contributed by atoms with Crippen LogP contribution >= 0.6 is 12.2 Å². The number of piperazine rings is 1. The molecule has 1 aliphatic heterocycles. The number of hydrogen-bond acceptors (Lipinski definition) is 3. The lowest BCUT2D eigenvalue weighted by Crippen LogP contribution is -2.49. The van der Waals surface area contributed by atoms with E-state index in [0.29, 0.717) is 0 Å². The molecule has 0 aromatic rings. The van der Waals surface area contributed by atoms with Crippen LogP contribution in [-0.4, -0.2) is 36.7 Å². The van der Waals surface area contributed by atoms with Crippen LogP contribution in [0.2, 0.25) is 0 Å². The summed E-state index contributed by atoms with van der Waals surface area (Å²) >= 11 is 4.63. The van der Waals surface area contributed by atoms with Gasteiger partial charge in [0, 0.05) is 26.2 Å². The largest absolute Gasteiger partial charge is 0.315 e. The van der Waals surface area contributed by atoms with Crippen molar-refractivity contribution in [3.63, 3.8) is 0 Å². The molecule has 0 aliphatic carbocycles. The zero-order valence-electron chi connectivity index (χ0n) is 5.26. The molecule has 1 fully saturated rings. The summed E-state index contributed by atoms with van der Waals surface area (Å²) < 4.78 is 0. The molecule has 9 heavy (non-hydrogen) atoms. The summed E-state index contributed by atoms with van der Waals surface area (Å²) in [5.74, 6) is 0. The smallest absolute Gasteiger partial charge is 0.0759 e. The highest BCUT2D eigenvalue weighted by Gasteiger charge is 2.05. The van der Waals surface area contributed by atoms with Gasteiger partial charge in [0.1, 0.15) is 0 Å². The third-order valence-electron chi connectivity index (χ3n) is 1.35. The van der Waals surface area contributed by atoms with Gasteiger partial charge in [0.15, 0.2) is 0 Å². The Balaban J connectivity index is 2.15. The molecule has 0 saturated carbocycles. The highest BCUT2D eigenvalue weighted by atomic mass is 32.1. The molecule has 0 aromatic carbocycles. The molecular formula is C5H11N3S. The van der Waals surface area contributed by atoms with Gasteiger partial charge in [-0.3, -0.25) is 0 Å². The van der Waals surface area contributed by atoms with E-state index < -0.39 is 0 Å². The third-order valence-corrected chi connectivity index (χ3v) is 1.46.